The minimum absolute atomic E-state index is 0.0153. The van der Waals surface area contributed by atoms with Gasteiger partial charge in [-0.15, -0.1) is 5.16 Å². The van der Waals surface area contributed by atoms with Gasteiger partial charge in [0, 0.05) is 19.2 Å². The van der Waals surface area contributed by atoms with Crippen LogP contribution in [-0.4, -0.2) is 30.4 Å². The Bertz CT molecular complexity index is 1010. The average Bonchev–Trinajstić information content (AvgIpc) is 2.90. The van der Waals surface area contributed by atoms with Crippen LogP contribution >= 0.6 is 0 Å². The highest BCUT2D eigenvalue weighted by Gasteiger charge is 2.64. The van der Waals surface area contributed by atoms with Gasteiger partial charge in [0.15, 0.2) is 0 Å². The third-order valence-electron chi connectivity index (χ3n) is 7.47. The molecule has 2 N–H and O–H groups in total. The Kier molecular flexibility index (Phi) is 9.91. The van der Waals surface area contributed by atoms with Gasteiger partial charge in [-0.25, -0.2) is 0 Å². The molecule has 0 aromatic heterocycles. The molecule has 0 saturated heterocycles. The van der Waals surface area contributed by atoms with E-state index < -0.39 is 5.41 Å². The molecule has 0 bridgehead atoms. The summed E-state index contributed by atoms with van der Waals surface area (Å²) in [6.07, 6.45) is 5.53. The van der Waals surface area contributed by atoms with Crippen LogP contribution in [0.4, 0.5) is 0 Å². The first-order valence-corrected chi connectivity index (χ1v) is 12.8. The summed E-state index contributed by atoms with van der Waals surface area (Å²) < 4.78 is 10.8. The molecule has 2 aromatic carbocycles. The molecule has 1 amide bonds. The Morgan fingerprint density at radius 2 is 1.72 bits per heavy atom. The van der Waals surface area contributed by atoms with Crippen LogP contribution in [0.15, 0.2) is 59.8 Å². The minimum atomic E-state index is -0.650. The van der Waals surface area contributed by atoms with Crippen LogP contribution < -0.4 is 10.1 Å². The maximum Gasteiger partial charge on any atom is 0.305 e. The number of hydrogen-bond acceptors (Lipinski definition) is 6. The third kappa shape index (κ3) is 6.07. The van der Waals surface area contributed by atoms with Gasteiger partial charge in [-0.1, -0.05) is 57.0 Å². The normalized spacial score (nSPS) is 23.1. The van der Waals surface area contributed by atoms with Crippen LogP contribution in [-0.2, 0) is 20.9 Å². The second kappa shape index (κ2) is 13.1. The Morgan fingerprint density at radius 1 is 1.03 bits per heavy atom. The zero-order valence-corrected chi connectivity index (χ0v) is 21.5. The first-order valence-electron chi connectivity index (χ1n) is 12.8. The van der Waals surface area contributed by atoms with Crippen molar-refractivity contribution in [3.63, 3.8) is 0 Å². The van der Waals surface area contributed by atoms with Crippen molar-refractivity contribution >= 4 is 18.1 Å². The zero-order valence-electron chi connectivity index (χ0n) is 21.5. The molecule has 0 unspecified atom stereocenters. The van der Waals surface area contributed by atoms with Gasteiger partial charge in [0.05, 0.1) is 12.5 Å². The predicted octanol–water partition coefficient (Wildman–Crippen LogP) is 5.96. The van der Waals surface area contributed by atoms with Crippen molar-refractivity contribution in [3.8, 4) is 11.5 Å². The van der Waals surface area contributed by atoms with E-state index in [9.17, 15) is 9.59 Å². The number of benzene rings is 2. The van der Waals surface area contributed by atoms with Crippen molar-refractivity contribution in [3.05, 3.63) is 60.2 Å². The first kappa shape index (κ1) is 27.2. The van der Waals surface area contributed by atoms with Crippen molar-refractivity contribution in [2.24, 2.45) is 28.3 Å². The van der Waals surface area contributed by atoms with E-state index in [-0.39, 0.29) is 36.1 Å². The van der Waals surface area contributed by atoms with Gasteiger partial charge < -0.3 is 20.0 Å². The molecule has 3 rings (SSSR count). The van der Waals surface area contributed by atoms with E-state index in [0.29, 0.717) is 19.4 Å². The smallest absolute Gasteiger partial charge is 0.305 e. The van der Waals surface area contributed by atoms with Crippen molar-refractivity contribution in [2.75, 3.05) is 7.11 Å². The Labute approximate surface area is 213 Å². The van der Waals surface area contributed by atoms with Gasteiger partial charge in [0.25, 0.3) is 0 Å². The van der Waals surface area contributed by atoms with Crippen molar-refractivity contribution < 1.29 is 24.3 Å². The van der Waals surface area contributed by atoms with Crippen LogP contribution in [0, 0.1) is 23.2 Å². The molecule has 194 valence electrons. The standard InChI is InChI=1S/C29H38N2O5/c1-4-9-25-24(16-18-31-34)26(19-27(32)35-3)29(25,17-5-2)28(33)30-20-21-12-14-23(15-13-21)36-22-10-7-6-8-11-22/h6-8,10-15,18,24-26,34H,4-5,9,16-17,19-20H2,1-3H3,(H,30,33)/t24-,25+,26+,29-/m1/s1. The SMILES string of the molecule is CCC[C@H]1[C@@H](CC=NO)[C@H](CC(=O)OC)[C@]1(CCC)C(=O)NCc1ccc(Oc2ccccc2)cc1. The van der Waals surface area contributed by atoms with Crippen LogP contribution in [0.2, 0.25) is 0 Å². The van der Waals surface area contributed by atoms with Gasteiger partial charge in [-0.3, -0.25) is 9.59 Å². The lowest BCUT2D eigenvalue weighted by molar-refractivity contribution is -0.178. The molecule has 2 aromatic rings. The lowest BCUT2D eigenvalue weighted by Gasteiger charge is -2.60. The Hall–Kier alpha value is -3.35. The van der Waals surface area contributed by atoms with Crippen molar-refractivity contribution in [2.45, 2.75) is 58.9 Å². The van der Waals surface area contributed by atoms with Crippen LogP contribution in [0.1, 0.15) is 57.9 Å². The highest BCUT2D eigenvalue weighted by Crippen LogP contribution is 2.63. The number of rotatable bonds is 13. The largest absolute Gasteiger partial charge is 0.469 e. The molecule has 7 nitrogen and oxygen atoms in total. The maximum atomic E-state index is 13.8. The number of hydrogen-bond donors (Lipinski definition) is 2. The van der Waals surface area contributed by atoms with E-state index in [1.807, 2.05) is 54.6 Å². The molecule has 1 aliphatic carbocycles. The molecular formula is C29H38N2O5. The molecule has 1 saturated carbocycles. The first-order chi connectivity index (χ1) is 17.5. The number of amides is 1. The molecule has 7 heteroatoms. The average molecular weight is 495 g/mol. The van der Waals surface area contributed by atoms with Crippen LogP contribution in [0.5, 0.6) is 11.5 Å². The molecule has 1 aliphatic rings. The number of ether oxygens (including phenoxy) is 2. The topological polar surface area (TPSA) is 97.2 Å². The molecule has 0 radical (unpaired) electrons. The monoisotopic (exact) mass is 494 g/mol. The lowest BCUT2D eigenvalue weighted by Crippen LogP contribution is -2.64. The van der Waals surface area contributed by atoms with E-state index in [1.165, 1.54) is 13.3 Å². The van der Waals surface area contributed by atoms with E-state index in [0.717, 1.165) is 36.3 Å². The molecule has 0 spiro atoms. The van der Waals surface area contributed by atoms with Gasteiger partial charge in [0.2, 0.25) is 5.91 Å². The van der Waals surface area contributed by atoms with E-state index in [4.69, 9.17) is 14.7 Å². The number of methoxy groups -OCH3 is 1. The fourth-order valence-corrected chi connectivity index (χ4v) is 5.96. The van der Waals surface area contributed by atoms with E-state index in [2.05, 4.69) is 24.3 Å². The molecule has 1 fully saturated rings. The number of esters is 1. The molecule has 4 atom stereocenters. The Morgan fingerprint density at radius 3 is 2.33 bits per heavy atom. The second-order valence-electron chi connectivity index (χ2n) is 9.51. The van der Waals surface area contributed by atoms with E-state index in [1.54, 1.807) is 0 Å². The number of para-hydroxylation sites is 1. The van der Waals surface area contributed by atoms with E-state index >= 15 is 0 Å². The fraction of sp³-hybridized carbons (Fsp3) is 0.483. The second-order valence-corrected chi connectivity index (χ2v) is 9.51. The number of nitrogens with zero attached hydrogens (tertiary/aromatic N) is 1. The summed E-state index contributed by atoms with van der Waals surface area (Å²) in [6, 6.07) is 17.3. The number of carbonyl (C=O) groups excluding carboxylic acids is 2. The maximum absolute atomic E-state index is 13.8. The quantitative estimate of drug-likeness (QED) is 0.155. The fourth-order valence-electron chi connectivity index (χ4n) is 5.96. The summed E-state index contributed by atoms with van der Waals surface area (Å²) in [5, 5.41) is 15.4. The van der Waals surface area contributed by atoms with Crippen molar-refractivity contribution in [1.82, 2.24) is 5.32 Å². The summed E-state index contributed by atoms with van der Waals surface area (Å²) in [5.74, 6) is 1.20. The summed E-state index contributed by atoms with van der Waals surface area (Å²) in [4.78, 5) is 26.1. The number of carbonyl (C=O) groups is 2. The Balaban J connectivity index is 1.76. The van der Waals surface area contributed by atoms with Gasteiger partial charge in [0.1, 0.15) is 11.5 Å². The zero-order chi connectivity index (χ0) is 26.0. The van der Waals surface area contributed by atoms with Crippen LogP contribution in [0.25, 0.3) is 0 Å². The minimum Gasteiger partial charge on any atom is -0.469 e. The van der Waals surface area contributed by atoms with Gasteiger partial charge >= 0.3 is 5.97 Å². The number of nitrogens with one attached hydrogen (secondary N) is 1. The highest BCUT2D eigenvalue weighted by atomic mass is 16.5. The van der Waals surface area contributed by atoms with Crippen molar-refractivity contribution in [1.29, 1.82) is 0 Å². The van der Waals surface area contributed by atoms with Gasteiger partial charge in [-0.2, -0.15) is 0 Å². The molecule has 36 heavy (non-hydrogen) atoms. The molecule has 0 heterocycles. The summed E-state index contributed by atoms with van der Waals surface area (Å²) in [5.41, 5.74) is 0.318. The molecule has 0 aliphatic heterocycles. The van der Waals surface area contributed by atoms with Crippen LogP contribution in [0.3, 0.4) is 0 Å². The highest BCUT2D eigenvalue weighted by molar-refractivity contribution is 5.86. The predicted molar refractivity (Wildman–Crippen MR) is 139 cm³/mol. The number of oxime groups is 1. The lowest BCUT2D eigenvalue weighted by atomic mass is 9.42. The third-order valence-corrected chi connectivity index (χ3v) is 7.47. The summed E-state index contributed by atoms with van der Waals surface area (Å²) in [7, 11) is 1.38. The summed E-state index contributed by atoms with van der Waals surface area (Å²) >= 11 is 0. The van der Waals surface area contributed by atoms with Gasteiger partial charge in [-0.05, 0) is 66.8 Å². The molecular weight excluding hydrogens is 456 g/mol. The summed E-state index contributed by atoms with van der Waals surface area (Å²) in [6.45, 7) is 4.57.